The van der Waals surface area contributed by atoms with Gasteiger partial charge in [-0.3, -0.25) is 4.79 Å². The molecule has 1 radical (unpaired) electrons. The molecule has 0 aliphatic heterocycles. The molecule has 0 amide bonds. The topological polar surface area (TPSA) is 53.1 Å². The second kappa shape index (κ2) is 2.35. The molecule has 0 fully saturated rings. The van der Waals surface area contributed by atoms with Gasteiger partial charge in [0.15, 0.2) is 0 Å². The van der Waals surface area contributed by atoms with Gasteiger partial charge in [-0.05, 0) is 6.07 Å². The lowest BCUT2D eigenvalue weighted by molar-refractivity contribution is -0.136. The van der Waals surface area contributed by atoms with Crippen LogP contribution in [0.15, 0.2) is 12.3 Å². The highest BCUT2D eigenvalue weighted by Crippen LogP contribution is 1.93. The van der Waals surface area contributed by atoms with Gasteiger partial charge in [0.1, 0.15) is 0 Å². The summed E-state index contributed by atoms with van der Waals surface area (Å²) in [5, 5.41) is 8.25. The summed E-state index contributed by atoms with van der Waals surface area (Å²) in [7, 11) is 0. The Bertz CT molecular complexity index is 191. The number of hydrogen-bond acceptors (Lipinski definition) is 1. The molecular formula is C6H6NO2. The molecule has 0 aliphatic rings. The van der Waals surface area contributed by atoms with Crippen molar-refractivity contribution in [2.75, 3.05) is 0 Å². The molecule has 1 aromatic rings. The van der Waals surface area contributed by atoms with Crippen LogP contribution in [-0.4, -0.2) is 16.1 Å². The Morgan fingerprint density at radius 3 is 3.11 bits per heavy atom. The standard InChI is InChI=1S/C6H6NO2/c8-6(9)4-5-2-1-3-7-5/h2-3,7H,4H2,(H,8,9). The first-order chi connectivity index (χ1) is 4.29. The van der Waals surface area contributed by atoms with Crippen molar-refractivity contribution >= 4 is 5.97 Å². The second-order valence-corrected chi connectivity index (χ2v) is 1.70. The molecule has 0 unspecified atom stereocenters. The summed E-state index contributed by atoms with van der Waals surface area (Å²) >= 11 is 0. The molecule has 1 rings (SSSR count). The van der Waals surface area contributed by atoms with E-state index in [1.54, 1.807) is 12.3 Å². The van der Waals surface area contributed by atoms with Gasteiger partial charge < -0.3 is 10.1 Å². The lowest BCUT2D eigenvalue weighted by atomic mass is 10.3. The number of carboxylic acid groups (broad SMARTS) is 1. The third kappa shape index (κ3) is 1.60. The van der Waals surface area contributed by atoms with E-state index in [0.717, 1.165) is 0 Å². The molecule has 0 atom stereocenters. The molecule has 0 bridgehead atoms. The molecule has 0 aromatic carbocycles. The molecule has 0 saturated heterocycles. The first-order valence-electron chi connectivity index (χ1n) is 2.54. The zero-order chi connectivity index (χ0) is 6.69. The van der Waals surface area contributed by atoms with Gasteiger partial charge in [0.05, 0.1) is 6.42 Å². The maximum atomic E-state index is 10.0. The highest BCUT2D eigenvalue weighted by molar-refractivity contribution is 5.69. The van der Waals surface area contributed by atoms with Gasteiger partial charge in [-0.1, -0.05) is 0 Å². The largest absolute Gasteiger partial charge is 0.481 e. The van der Waals surface area contributed by atoms with Crippen LogP contribution in [0.25, 0.3) is 0 Å². The summed E-state index contributed by atoms with van der Waals surface area (Å²) in [5.41, 5.74) is 0.683. The van der Waals surface area contributed by atoms with Crippen LogP contribution in [-0.2, 0) is 11.2 Å². The third-order valence-corrected chi connectivity index (χ3v) is 0.940. The van der Waals surface area contributed by atoms with E-state index in [9.17, 15) is 4.79 Å². The molecule has 3 nitrogen and oxygen atoms in total. The molecule has 9 heavy (non-hydrogen) atoms. The Kier molecular flexibility index (Phi) is 1.53. The minimum Gasteiger partial charge on any atom is -0.481 e. The van der Waals surface area contributed by atoms with Gasteiger partial charge in [0.2, 0.25) is 0 Å². The van der Waals surface area contributed by atoms with Crippen molar-refractivity contribution in [3.8, 4) is 0 Å². The predicted molar refractivity (Wildman–Crippen MR) is 31.0 cm³/mol. The summed E-state index contributed by atoms with van der Waals surface area (Å²) in [6, 6.07) is 4.34. The van der Waals surface area contributed by atoms with Crippen LogP contribution in [0, 0.1) is 6.07 Å². The van der Waals surface area contributed by atoms with Crippen LogP contribution in [0.3, 0.4) is 0 Å². The van der Waals surface area contributed by atoms with E-state index in [1.807, 2.05) is 0 Å². The van der Waals surface area contributed by atoms with Gasteiger partial charge >= 0.3 is 5.97 Å². The first-order valence-corrected chi connectivity index (χ1v) is 2.54. The van der Waals surface area contributed by atoms with Crippen LogP contribution in [0.1, 0.15) is 5.69 Å². The van der Waals surface area contributed by atoms with Crippen molar-refractivity contribution in [3.05, 3.63) is 24.0 Å². The molecule has 2 N–H and O–H groups in total. The van der Waals surface area contributed by atoms with E-state index >= 15 is 0 Å². The number of aromatic nitrogens is 1. The molecule has 1 heterocycles. The average molecular weight is 124 g/mol. The summed E-state index contributed by atoms with van der Waals surface area (Å²) in [4.78, 5) is 12.8. The van der Waals surface area contributed by atoms with E-state index in [0.29, 0.717) is 5.69 Å². The summed E-state index contributed by atoms with van der Waals surface area (Å²) in [5.74, 6) is -0.828. The lowest BCUT2D eigenvalue weighted by Crippen LogP contribution is -1.99. The van der Waals surface area contributed by atoms with Crippen LogP contribution >= 0.6 is 0 Å². The normalized spacial score (nSPS) is 9.33. The summed E-state index contributed by atoms with van der Waals surface area (Å²) < 4.78 is 0. The van der Waals surface area contributed by atoms with Gasteiger partial charge in [-0.15, -0.1) is 0 Å². The van der Waals surface area contributed by atoms with Crippen molar-refractivity contribution in [2.24, 2.45) is 0 Å². The van der Waals surface area contributed by atoms with Crippen LogP contribution < -0.4 is 0 Å². The Labute approximate surface area is 52.3 Å². The SMILES string of the molecule is O=C(O)Cc1c[c]c[nH]1. The molecule has 0 aliphatic carbocycles. The van der Waals surface area contributed by atoms with Gasteiger partial charge in [-0.2, -0.15) is 0 Å². The van der Waals surface area contributed by atoms with Crippen molar-refractivity contribution in [1.29, 1.82) is 0 Å². The number of aliphatic carboxylic acids is 1. The highest BCUT2D eigenvalue weighted by Gasteiger charge is 1.97. The van der Waals surface area contributed by atoms with E-state index in [1.165, 1.54) is 0 Å². The number of nitrogens with one attached hydrogen (secondary N) is 1. The van der Waals surface area contributed by atoms with Gasteiger partial charge in [0.25, 0.3) is 0 Å². The highest BCUT2D eigenvalue weighted by atomic mass is 16.4. The fraction of sp³-hybridized carbons (Fsp3) is 0.167. The maximum Gasteiger partial charge on any atom is 0.309 e. The zero-order valence-electron chi connectivity index (χ0n) is 4.72. The molecule has 0 saturated carbocycles. The minimum absolute atomic E-state index is 0.0451. The number of aromatic amines is 1. The first kappa shape index (κ1) is 5.88. The lowest BCUT2D eigenvalue weighted by Gasteiger charge is -1.86. The molecule has 3 heteroatoms. The van der Waals surface area contributed by atoms with Crippen LogP contribution in [0.2, 0.25) is 0 Å². The number of hydrogen-bond donors (Lipinski definition) is 2. The van der Waals surface area contributed by atoms with Gasteiger partial charge in [-0.25, -0.2) is 0 Å². The van der Waals surface area contributed by atoms with E-state index in [2.05, 4.69) is 11.1 Å². The Morgan fingerprint density at radius 2 is 2.67 bits per heavy atom. The average Bonchev–Trinajstić information content (AvgIpc) is 2.15. The number of H-pyrrole nitrogens is 1. The van der Waals surface area contributed by atoms with E-state index in [-0.39, 0.29) is 6.42 Å². The van der Waals surface area contributed by atoms with Gasteiger partial charge in [0, 0.05) is 18.0 Å². The summed E-state index contributed by atoms with van der Waals surface area (Å²) in [6.07, 6.45) is 1.63. The quantitative estimate of drug-likeness (QED) is 0.601. The van der Waals surface area contributed by atoms with Crippen molar-refractivity contribution in [2.45, 2.75) is 6.42 Å². The molecule has 1 aromatic heterocycles. The van der Waals surface area contributed by atoms with E-state index in [4.69, 9.17) is 5.11 Å². The predicted octanol–water partition coefficient (Wildman–Crippen LogP) is 0.442. The number of carbonyl (C=O) groups is 1. The molecule has 0 spiro atoms. The fourth-order valence-corrected chi connectivity index (χ4v) is 0.583. The summed E-state index contributed by atoms with van der Waals surface area (Å²) in [6.45, 7) is 0. The van der Waals surface area contributed by atoms with Crippen molar-refractivity contribution in [3.63, 3.8) is 0 Å². The molecular weight excluding hydrogens is 118 g/mol. The monoisotopic (exact) mass is 124 g/mol. The Morgan fingerprint density at radius 1 is 1.89 bits per heavy atom. The fourth-order valence-electron chi connectivity index (χ4n) is 0.583. The third-order valence-electron chi connectivity index (χ3n) is 0.940. The van der Waals surface area contributed by atoms with Crippen LogP contribution in [0.4, 0.5) is 0 Å². The maximum absolute atomic E-state index is 10.0. The van der Waals surface area contributed by atoms with Crippen molar-refractivity contribution in [1.82, 2.24) is 4.98 Å². The Balaban J connectivity index is 2.58. The molecule has 47 valence electrons. The van der Waals surface area contributed by atoms with E-state index < -0.39 is 5.97 Å². The second-order valence-electron chi connectivity index (χ2n) is 1.70. The minimum atomic E-state index is -0.828. The zero-order valence-corrected chi connectivity index (χ0v) is 4.72. The smallest absolute Gasteiger partial charge is 0.309 e. The number of rotatable bonds is 2. The van der Waals surface area contributed by atoms with Crippen LogP contribution in [0.5, 0.6) is 0 Å². The van der Waals surface area contributed by atoms with Crippen molar-refractivity contribution < 1.29 is 9.90 Å². The number of carboxylic acids is 1. The Hall–Kier alpha value is -1.25.